The summed E-state index contributed by atoms with van der Waals surface area (Å²) in [6.07, 6.45) is 0. The van der Waals surface area contributed by atoms with E-state index in [1.54, 1.807) is 11.3 Å². The predicted octanol–water partition coefficient (Wildman–Crippen LogP) is 12.6. The molecule has 48 heavy (non-hydrogen) atoms. The zero-order chi connectivity index (χ0) is 31.6. The summed E-state index contributed by atoms with van der Waals surface area (Å²) in [6, 6.07) is 55.4. The Morgan fingerprint density at radius 1 is 0.479 bits per heavy atom. The van der Waals surface area contributed by atoms with Crippen molar-refractivity contribution < 1.29 is 4.42 Å². The molecule has 0 aliphatic heterocycles. The molecule has 10 aromatic rings. The van der Waals surface area contributed by atoms with Crippen molar-refractivity contribution in [2.75, 3.05) is 0 Å². The number of aromatic nitrogens is 2. The van der Waals surface area contributed by atoms with Crippen molar-refractivity contribution >= 4 is 64.4 Å². The molecule has 0 aliphatic carbocycles. The Kier molecular flexibility index (Phi) is 6.05. The summed E-state index contributed by atoms with van der Waals surface area (Å²) in [5.41, 5.74) is 10.2. The fourth-order valence-electron chi connectivity index (χ4n) is 6.97. The molecule has 0 saturated heterocycles. The van der Waals surface area contributed by atoms with Crippen LogP contribution in [0.5, 0.6) is 0 Å². The van der Waals surface area contributed by atoms with Crippen LogP contribution in [0.15, 0.2) is 162 Å². The van der Waals surface area contributed by atoms with E-state index in [1.165, 1.54) is 15.8 Å². The van der Waals surface area contributed by atoms with E-state index in [9.17, 15) is 0 Å². The molecule has 0 N–H and O–H groups in total. The van der Waals surface area contributed by atoms with Gasteiger partial charge in [-0.1, -0.05) is 133 Å². The molecule has 0 fully saturated rings. The van der Waals surface area contributed by atoms with Crippen LogP contribution in [-0.4, -0.2) is 9.97 Å². The highest BCUT2D eigenvalue weighted by atomic mass is 32.1. The maximum absolute atomic E-state index is 6.79. The monoisotopic (exact) mass is 630 g/mol. The zero-order valence-electron chi connectivity index (χ0n) is 25.7. The highest BCUT2D eigenvalue weighted by molar-refractivity contribution is 7.26. The van der Waals surface area contributed by atoms with E-state index in [4.69, 9.17) is 14.4 Å². The van der Waals surface area contributed by atoms with Gasteiger partial charge < -0.3 is 4.42 Å². The highest BCUT2D eigenvalue weighted by Gasteiger charge is 2.21. The number of hydrogen-bond donors (Lipinski definition) is 0. The van der Waals surface area contributed by atoms with Gasteiger partial charge in [-0.3, -0.25) is 0 Å². The molecule has 3 heterocycles. The summed E-state index contributed by atoms with van der Waals surface area (Å²) >= 11 is 1.75. The number of thiophene rings is 1. The van der Waals surface area contributed by atoms with Crippen LogP contribution in [0.1, 0.15) is 0 Å². The SMILES string of the molecule is c1ccc(-c2ccc(-c3cc(-c4nc(-c5ccccc5)c5sc6ccccc6c5n4)cc4oc5c6ccccc6ccc5c34)cc2)cc1. The van der Waals surface area contributed by atoms with Crippen molar-refractivity contribution in [3.05, 3.63) is 158 Å². The molecule has 224 valence electrons. The highest BCUT2D eigenvalue weighted by Crippen LogP contribution is 2.44. The normalized spacial score (nSPS) is 11.8. The Morgan fingerprint density at radius 3 is 1.96 bits per heavy atom. The average molecular weight is 631 g/mol. The molecule has 0 amide bonds. The van der Waals surface area contributed by atoms with Crippen molar-refractivity contribution in [2.24, 2.45) is 0 Å². The fraction of sp³-hybridized carbons (Fsp3) is 0. The lowest BCUT2D eigenvalue weighted by molar-refractivity contribution is 0.673. The Morgan fingerprint density at radius 2 is 1.15 bits per heavy atom. The fourth-order valence-corrected chi connectivity index (χ4v) is 8.13. The van der Waals surface area contributed by atoms with Crippen LogP contribution < -0.4 is 0 Å². The number of fused-ring (bicyclic) bond motifs is 8. The van der Waals surface area contributed by atoms with E-state index in [0.29, 0.717) is 5.82 Å². The van der Waals surface area contributed by atoms with Crippen molar-refractivity contribution in [3.8, 4) is 44.9 Å². The molecule has 0 unspecified atom stereocenters. The van der Waals surface area contributed by atoms with Gasteiger partial charge in [0.1, 0.15) is 11.2 Å². The first-order chi connectivity index (χ1) is 23.8. The summed E-state index contributed by atoms with van der Waals surface area (Å²) in [5, 5.41) is 5.60. The molecule has 7 aromatic carbocycles. The van der Waals surface area contributed by atoms with Crippen LogP contribution in [0.4, 0.5) is 0 Å². The van der Waals surface area contributed by atoms with Gasteiger partial charge in [-0.2, -0.15) is 0 Å². The summed E-state index contributed by atoms with van der Waals surface area (Å²) in [4.78, 5) is 10.6. The number of hydrogen-bond acceptors (Lipinski definition) is 4. The van der Waals surface area contributed by atoms with Crippen LogP contribution in [0.2, 0.25) is 0 Å². The van der Waals surface area contributed by atoms with Crippen LogP contribution in [0, 0.1) is 0 Å². The van der Waals surface area contributed by atoms with Crippen LogP contribution >= 0.6 is 11.3 Å². The van der Waals surface area contributed by atoms with Gasteiger partial charge in [0.25, 0.3) is 0 Å². The standard InChI is InChI=1S/C44H26N2OS/c1-3-11-27(12-4-1)28-19-21-30(22-20-28)36-25-32(26-37-39(36)35-24-23-29-13-7-8-16-33(29)42(35)47-37)44-45-40(31-14-5-2-6-15-31)43-41(46-44)34-17-9-10-18-38(34)48-43/h1-26H. The van der Waals surface area contributed by atoms with E-state index in [1.807, 2.05) is 6.07 Å². The molecule has 0 saturated carbocycles. The molecular weight excluding hydrogens is 605 g/mol. The molecule has 4 heteroatoms. The minimum atomic E-state index is 0.680. The van der Waals surface area contributed by atoms with Gasteiger partial charge in [0.15, 0.2) is 5.82 Å². The van der Waals surface area contributed by atoms with E-state index in [0.717, 1.165) is 76.3 Å². The van der Waals surface area contributed by atoms with E-state index < -0.39 is 0 Å². The number of nitrogens with zero attached hydrogens (tertiary/aromatic N) is 2. The third-order valence-electron chi connectivity index (χ3n) is 9.29. The lowest BCUT2D eigenvalue weighted by atomic mass is 9.94. The first-order valence-corrected chi connectivity index (χ1v) is 16.9. The summed E-state index contributed by atoms with van der Waals surface area (Å²) in [5.74, 6) is 0.680. The van der Waals surface area contributed by atoms with Crippen LogP contribution in [0.3, 0.4) is 0 Å². The van der Waals surface area contributed by atoms with Gasteiger partial charge in [0.2, 0.25) is 0 Å². The molecule has 0 bridgehead atoms. The third-order valence-corrected chi connectivity index (χ3v) is 10.5. The van der Waals surface area contributed by atoms with Crippen LogP contribution in [0.25, 0.3) is 97.9 Å². The maximum Gasteiger partial charge on any atom is 0.160 e. The molecule has 3 aromatic heterocycles. The van der Waals surface area contributed by atoms with E-state index >= 15 is 0 Å². The first-order valence-electron chi connectivity index (χ1n) is 16.1. The summed E-state index contributed by atoms with van der Waals surface area (Å²) in [6.45, 7) is 0. The molecule has 0 radical (unpaired) electrons. The Balaban J connectivity index is 1.26. The van der Waals surface area contributed by atoms with Gasteiger partial charge in [-0.15, -0.1) is 11.3 Å². The van der Waals surface area contributed by atoms with Gasteiger partial charge in [0, 0.05) is 37.4 Å². The lowest BCUT2D eigenvalue weighted by Gasteiger charge is -2.11. The molecule has 0 aliphatic rings. The van der Waals surface area contributed by atoms with Crippen LogP contribution in [-0.2, 0) is 0 Å². The summed E-state index contributed by atoms with van der Waals surface area (Å²) in [7, 11) is 0. The molecule has 0 atom stereocenters. The topological polar surface area (TPSA) is 38.9 Å². The number of furan rings is 1. The zero-order valence-corrected chi connectivity index (χ0v) is 26.5. The quantitative estimate of drug-likeness (QED) is 0.194. The average Bonchev–Trinajstić information content (AvgIpc) is 3.74. The minimum Gasteiger partial charge on any atom is -0.455 e. The second kappa shape index (κ2) is 10.7. The second-order valence-corrected chi connectivity index (χ2v) is 13.2. The summed E-state index contributed by atoms with van der Waals surface area (Å²) < 4.78 is 9.09. The number of rotatable bonds is 4. The van der Waals surface area contributed by atoms with Crippen molar-refractivity contribution in [1.29, 1.82) is 0 Å². The first kappa shape index (κ1) is 27.1. The van der Waals surface area contributed by atoms with Crippen molar-refractivity contribution in [3.63, 3.8) is 0 Å². The van der Waals surface area contributed by atoms with Gasteiger partial charge in [-0.25, -0.2) is 9.97 Å². The third kappa shape index (κ3) is 4.27. The smallest absolute Gasteiger partial charge is 0.160 e. The van der Waals surface area contributed by atoms with Crippen molar-refractivity contribution in [2.45, 2.75) is 0 Å². The Hall–Kier alpha value is -6.10. The van der Waals surface area contributed by atoms with Gasteiger partial charge in [0.05, 0.1) is 15.9 Å². The van der Waals surface area contributed by atoms with Crippen molar-refractivity contribution in [1.82, 2.24) is 9.97 Å². The second-order valence-electron chi connectivity index (χ2n) is 12.1. The Bertz CT molecular complexity index is 2820. The molecule has 10 rings (SSSR count). The van der Waals surface area contributed by atoms with E-state index in [-0.39, 0.29) is 0 Å². The number of benzene rings is 7. The Labute approximate surface area is 280 Å². The maximum atomic E-state index is 6.79. The van der Waals surface area contributed by atoms with E-state index in [2.05, 4.69) is 152 Å². The molecule has 3 nitrogen and oxygen atoms in total. The van der Waals surface area contributed by atoms with Gasteiger partial charge in [-0.05, 0) is 51.9 Å². The predicted molar refractivity (Wildman–Crippen MR) is 201 cm³/mol. The lowest BCUT2D eigenvalue weighted by Crippen LogP contribution is -1.94. The largest absolute Gasteiger partial charge is 0.455 e. The molecule has 0 spiro atoms. The van der Waals surface area contributed by atoms with Gasteiger partial charge >= 0.3 is 0 Å². The molecular formula is C44H26N2OS. The minimum absolute atomic E-state index is 0.680.